The Morgan fingerprint density at radius 2 is 1.93 bits per heavy atom. The number of aromatic nitrogens is 4. The number of nitrogens with zero attached hydrogens (tertiary/aromatic N) is 5. The molecule has 3 aromatic rings. The van der Waals surface area contributed by atoms with E-state index in [4.69, 9.17) is 4.74 Å². The minimum absolute atomic E-state index is 0.0434. The highest BCUT2D eigenvalue weighted by Gasteiger charge is 2.25. The van der Waals surface area contributed by atoms with Gasteiger partial charge in [-0.25, -0.2) is 14.6 Å². The first-order valence-corrected chi connectivity index (χ1v) is 10.5. The molecule has 158 valence electrons. The SMILES string of the molecule is CC1CN(c2ncnc3c2cnn3CCNC(=O)CCc2ccccc2)CC(C)O1. The van der Waals surface area contributed by atoms with Gasteiger partial charge in [-0.05, 0) is 25.8 Å². The normalized spacial score (nSPS) is 19.2. The summed E-state index contributed by atoms with van der Waals surface area (Å²) >= 11 is 0. The van der Waals surface area contributed by atoms with E-state index >= 15 is 0 Å². The van der Waals surface area contributed by atoms with Crippen LogP contribution in [0.4, 0.5) is 5.82 Å². The number of benzene rings is 1. The van der Waals surface area contributed by atoms with Crippen molar-refractivity contribution < 1.29 is 9.53 Å². The molecule has 1 fully saturated rings. The number of nitrogens with one attached hydrogen (secondary N) is 1. The Morgan fingerprint density at radius 3 is 2.70 bits per heavy atom. The molecule has 1 N–H and O–H groups in total. The number of hydrogen-bond acceptors (Lipinski definition) is 6. The molecule has 8 heteroatoms. The molecule has 1 aliphatic rings. The molecule has 30 heavy (non-hydrogen) atoms. The van der Waals surface area contributed by atoms with Crippen LogP contribution >= 0.6 is 0 Å². The Labute approximate surface area is 176 Å². The van der Waals surface area contributed by atoms with E-state index in [1.54, 1.807) is 6.33 Å². The number of rotatable bonds is 7. The quantitative estimate of drug-likeness (QED) is 0.645. The minimum Gasteiger partial charge on any atom is -0.372 e. The third-order valence-electron chi connectivity index (χ3n) is 5.26. The average Bonchev–Trinajstić information content (AvgIpc) is 3.15. The first-order chi connectivity index (χ1) is 14.6. The monoisotopic (exact) mass is 408 g/mol. The highest BCUT2D eigenvalue weighted by atomic mass is 16.5. The molecule has 1 aromatic carbocycles. The molecule has 2 aromatic heterocycles. The van der Waals surface area contributed by atoms with Gasteiger partial charge < -0.3 is 15.0 Å². The van der Waals surface area contributed by atoms with Crippen LogP contribution in [-0.2, 0) is 22.5 Å². The fraction of sp³-hybridized carbons (Fsp3) is 0.455. The summed E-state index contributed by atoms with van der Waals surface area (Å²) in [7, 11) is 0. The van der Waals surface area contributed by atoms with Crippen LogP contribution in [0.15, 0.2) is 42.9 Å². The Morgan fingerprint density at radius 1 is 1.17 bits per heavy atom. The smallest absolute Gasteiger partial charge is 0.220 e. The highest BCUT2D eigenvalue weighted by Crippen LogP contribution is 2.25. The van der Waals surface area contributed by atoms with Gasteiger partial charge in [-0.15, -0.1) is 0 Å². The summed E-state index contributed by atoms with van der Waals surface area (Å²) in [4.78, 5) is 23.3. The van der Waals surface area contributed by atoms with Crippen molar-refractivity contribution in [2.24, 2.45) is 0 Å². The largest absolute Gasteiger partial charge is 0.372 e. The lowest BCUT2D eigenvalue weighted by Crippen LogP contribution is -2.45. The van der Waals surface area contributed by atoms with Crippen molar-refractivity contribution in [3.05, 3.63) is 48.4 Å². The molecule has 0 saturated carbocycles. The van der Waals surface area contributed by atoms with Crippen molar-refractivity contribution in [2.45, 2.75) is 45.4 Å². The lowest BCUT2D eigenvalue weighted by atomic mass is 10.1. The molecule has 1 amide bonds. The number of amides is 1. The maximum atomic E-state index is 12.1. The summed E-state index contributed by atoms with van der Waals surface area (Å²) < 4.78 is 7.66. The van der Waals surface area contributed by atoms with Crippen molar-refractivity contribution in [3.8, 4) is 0 Å². The van der Waals surface area contributed by atoms with E-state index in [1.807, 2.05) is 41.2 Å². The van der Waals surface area contributed by atoms with Gasteiger partial charge in [0.05, 0.1) is 30.3 Å². The Balaban J connectivity index is 1.35. The fourth-order valence-electron chi connectivity index (χ4n) is 3.94. The maximum absolute atomic E-state index is 12.1. The van der Waals surface area contributed by atoms with Gasteiger partial charge in [-0.3, -0.25) is 4.79 Å². The lowest BCUT2D eigenvalue weighted by molar-refractivity contribution is -0.121. The Bertz CT molecular complexity index is 980. The molecule has 1 aliphatic heterocycles. The molecular formula is C22H28N6O2. The highest BCUT2D eigenvalue weighted by molar-refractivity contribution is 5.86. The van der Waals surface area contributed by atoms with Crippen LogP contribution in [0, 0.1) is 0 Å². The summed E-state index contributed by atoms with van der Waals surface area (Å²) in [5.74, 6) is 0.932. The third kappa shape index (κ3) is 4.76. The van der Waals surface area contributed by atoms with Crippen LogP contribution in [0.3, 0.4) is 0 Å². The molecular weight excluding hydrogens is 380 g/mol. The standard InChI is InChI=1S/C22H28N6O2/c1-16-13-27(14-17(2)30-16)21-19-12-26-28(22(19)25-15-24-21)11-10-23-20(29)9-8-18-6-4-3-5-7-18/h3-7,12,15-17H,8-11,13-14H2,1-2H3,(H,23,29). The van der Waals surface area contributed by atoms with Gasteiger partial charge in [0, 0.05) is 26.1 Å². The van der Waals surface area contributed by atoms with Crippen molar-refractivity contribution in [2.75, 3.05) is 24.5 Å². The second kappa shape index (κ2) is 9.21. The van der Waals surface area contributed by atoms with Gasteiger partial charge in [-0.2, -0.15) is 5.10 Å². The summed E-state index contributed by atoms with van der Waals surface area (Å²) in [6.45, 7) is 6.80. The van der Waals surface area contributed by atoms with Gasteiger partial charge >= 0.3 is 0 Å². The second-order valence-corrected chi connectivity index (χ2v) is 7.80. The topological polar surface area (TPSA) is 85.2 Å². The van der Waals surface area contributed by atoms with Crippen molar-refractivity contribution in [1.29, 1.82) is 0 Å². The summed E-state index contributed by atoms with van der Waals surface area (Å²) in [5.41, 5.74) is 1.95. The number of fused-ring (bicyclic) bond motifs is 1. The van der Waals surface area contributed by atoms with E-state index in [0.29, 0.717) is 19.5 Å². The molecule has 3 heterocycles. The summed E-state index contributed by atoms with van der Waals surface area (Å²) in [6, 6.07) is 10.0. The molecule has 2 atom stereocenters. The first kappa shape index (κ1) is 20.3. The van der Waals surface area contributed by atoms with E-state index in [-0.39, 0.29) is 18.1 Å². The van der Waals surface area contributed by atoms with Crippen molar-refractivity contribution >= 4 is 22.8 Å². The average molecular weight is 409 g/mol. The van der Waals surface area contributed by atoms with Gasteiger partial charge in [0.25, 0.3) is 0 Å². The van der Waals surface area contributed by atoms with E-state index in [0.717, 1.165) is 36.4 Å². The minimum atomic E-state index is 0.0434. The Kier molecular flexibility index (Phi) is 6.23. The number of carbonyl (C=O) groups excluding carboxylic acids is 1. The number of carbonyl (C=O) groups is 1. The molecule has 0 radical (unpaired) electrons. The third-order valence-corrected chi connectivity index (χ3v) is 5.26. The van der Waals surface area contributed by atoms with Crippen LogP contribution in [0.5, 0.6) is 0 Å². The zero-order valence-electron chi connectivity index (χ0n) is 17.5. The predicted octanol–water partition coefficient (Wildman–Crippen LogP) is 2.19. The van der Waals surface area contributed by atoms with E-state index in [1.165, 1.54) is 5.56 Å². The zero-order chi connectivity index (χ0) is 20.9. The van der Waals surface area contributed by atoms with Gasteiger partial charge in [-0.1, -0.05) is 30.3 Å². The molecule has 0 spiro atoms. The second-order valence-electron chi connectivity index (χ2n) is 7.80. The molecule has 0 bridgehead atoms. The lowest BCUT2D eigenvalue weighted by Gasteiger charge is -2.36. The molecule has 0 aliphatic carbocycles. The van der Waals surface area contributed by atoms with E-state index < -0.39 is 0 Å². The van der Waals surface area contributed by atoms with Crippen LogP contribution in [0.1, 0.15) is 25.8 Å². The predicted molar refractivity (Wildman–Crippen MR) is 115 cm³/mol. The maximum Gasteiger partial charge on any atom is 0.220 e. The van der Waals surface area contributed by atoms with Crippen molar-refractivity contribution in [1.82, 2.24) is 25.1 Å². The molecule has 2 unspecified atom stereocenters. The number of hydrogen-bond donors (Lipinski definition) is 1. The number of aryl methyl sites for hydroxylation is 1. The van der Waals surface area contributed by atoms with Crippen LogP contribution in [0.2, 0.25) is 0 Å². The van der Waals surface area contributed by atoms with Crippen LogP contribution in [-0.4, -0.2) is 57.5 Å². The summed E-state index contributed by atoms with van der Waals surface area (Å²) in [5, 5.41) is 8.38. The number of ether oxygens (including phenoxy) is 1. The van der Waals surface area contributed by atoms with E-state index in [2.05, 4.69) is 39.1 Å². The molecule has 1 saturated heterocycles. The van der Waals surface area contributed by atoms with Gasteiger partial charge in [0.2, 0.25) is 5.91 Å². The fourth-order valence-corrected chi connectivity index (χ4v) is 3.94. The van der Waals surface area contributed by atoms with E-state index in [9.17, 15) is 4.79 Å². The van der Waals surface area contributed by atoms with Crippen LogP contribution < -0.4 is 10.2 Å². The van der Waals surface area contributed by atoms with Crippen LogP contribution in [0.25, 0.3) is 11.0 Å². The van der Waals surface area contributed by atoms with Gasteiger partial charge in [0.1, 0.15) is 12.1 Å². The Hall–Kier alpha value is -3.00. The zero-order valence-corrected chi connectivity index (χ0v) is 17.5. The first-order valence-electron chi connectivity index (χ1n) is 10.5. The molecule has 4 rings (SSSR count). The van der Waals surface area contributed by atoms with Crippen molar-refractivity contribution in [3.63, 3.8) is 0 Å². The van der Waals surface area contributed by atoms with Gasteiger partial charge in [0.15, 0.2) is 5.65 Å². The summed E-state index contributed by atoms with van der Waals surface area (Å²) in [6.07, 6.45) is 4.92. The number of anilines is 1. The number of morpholine rings is 1. The molecule has 8 nitrogen and oxygen atoms in total.